The lowest BCUT2D eigenvalue weighted by Gasteiger charge is -2.10. The number of hydrogen-bond acceptors (Lipinski definition) is 3. The molecule has 0 aliphatic heterocycles. The minimum absolute atomic E-state index is 0.132. The van der Waals surface area contributed by atoms with Crippen molar-refractivity contribution in [3.63, 3.8) is 0 Å². The van der Waals surface area contributed by atoms with Gasteiger partial charge in [-0.15, -0.1) is 0 Å². The summed E-state index contributed by atoms with van der Waals surface area (Å²) in [5.74, 6) is 1.59. The average molecular weight is 293 g/mol. The van der Waals surface area contributed by atoms with Crippen LogP contribution in [0.4, 0.5) is 0 Å². The summed E-state index contributed by atoms with van der Waals surface area (Å²) in [6.07, 6.45) is 2.57. The Kier molecular flexibility index (Phi) is 5.04. The Bertz CT molecular complexity index is 508. The van der Waals surface area contributed by atoms with Crippen LogP contribution in [-0.2, 0) is 16.0 Å². The minimum atomic E-state index is -0.868. The molecule has 1 aliphatic rings. The van der Waals surface area contributed by atoms with Gasteiger partial charge in [0.15, 0.2) is 0 Å². The molecule has 21 heavy (non-hydrogen) atoms. The molecule has 116 valence electrons. The molecule has 2 N–H and O–H groups in total. The topological polar surface area (TPSA) is 79.5 Å². The molecular weight excluding hydrogens is 270 g/mol. The molecule has 1 aromatic heterocycles. The molecule has 1 aliphatic carbocycles. The van der Waals surface area contributed by atoms with Crippen molar-refractivity contribution in [2.75, 3.05) is 6.54 Å². The van der Waals surface area contributed by atoms with Crippen molar-refractivity contribution in [2.45, 2.75) is 45.4 Å². The van der Waals surface area contributed by atoms with Crippen LogP contribution in [-0.4, -0.2) is 23.5 Å². The van der Waals surface area contributed by atoms with E-state index >= 15 is 0 Å². The number of aliphatic carboxylic acids is 1. The number of carbonyl (C=O) groups is 2. The maximum atomic E-state index is 11.7. The van der Waals surface area contributed by atoms with Gasteiger partial charge in [0.05, 0.1) is 5.92 Å². The summed E-state index contributed by atoms with van der Waals surface area (Å²) in [4.78, 5) is 22.6. The van der Waals surface area contributed by atoms with Crippen LogP contribution < -0.4 is 5.32 Å². The van der Waals surface area contributed by atoms with Crippen LogP contribution in [0.3, 0.4) is 0 Å². The number of carboxylic acids is 1. The summed E-state index contributed by atoms with van der Waals surface area (Å²) in [5.41, 5.74) is 0. The standard InChI is InChI=1S/C16H23NO4/c1-3-11(16(19)20)9-17-15(18)7-5-12-4-6-14(21-12)13-8-10(13)2/h4,6,10-11,13H,3,5,7-9H2,1-2H3,(H,17,18)(H,19,20). The Morgan fingerprint density at radius 1 is 1.48 bits per heavy atom. The van der Waals surface area contributed by atoms with Gasteiger partial charge in [0.25, 0.3) is 0 Å². The number of carbonyl (C=O) groups excluding carboxylic acids is 1. The predicted octanol–water partition coefficient (Wildman–Crippen LogP) is 2.56. The van der Waals surface area contributed by atoms with Gasteiger partial charge in [0.1, 0.15) is 11.5 Å². The van der Waals surface area contributed by atoms with E-state index in [2.05, 4.69) is 12.2 Å². The monoisotopic (exact) mass is 293 g/mol. The van der Waals surface area contributed by atoms with E-state index in [1.807, 2.05) is 12.1 Å². The van der Waals surface area contributed by atoms with Crippen LogP contribution in [0.5, 0.6) is 0 Å². The highest BCUT2D eigenvalue weighted by atomic mass is 16.4. The number of furan rings is 1. The molecule has 1 heterocycles. The largest absolute Gasteiger partial charge is 0.481 e. The lowest BCUT2D eigenvalue weighted by atomic mass is 10.1. The fourth-order valence-corrected chi connectivity index (χ4v) is 2.42. The lowest BCUT2D eigenvalue weighted by molar-refractivity contribution is -0.141. The Balaban J connectivity index is 1.71. The molecule has 2 rings (SSSR count). The first-order valence-corrected chi connectivity index (χ1v) is 7.59. The van der Waals surface area contributed by atoms with Crippen molar-refractivity contribution in [1.82, 2.24) is 5.32 Å². The van der Waals surface area contributed by atoms with Gasteiger partial charge in [0, 0.05) is 25.3 Å². The Hall–Kier alpha value is -1.78. The number of amides is 1. The van der Waals surface area contributed by atoms with Gasteiger partial charge in [-0.2, -0.15) is 0 Å². The summed E-state index contributed by atoms with van der Waals surface area (Å²) in [7, 11) is 0. The van der Waals surface area contributed by atoms with Crippen molar-refractivity contribution in [1.29, 1.82) is 0 Å². The molecule has 1 aromatic rings. The summed E-state index contributed by atoms with van der Waals surface area (Å²) < 4.78 is 5.74. The highest BCUT2D eigenvalue weighted by Gasteiger charge is 2.36. The third kappa shape index (κ3) is 4.34. The van der Waals surface area contributed by atoms with Crippen molar-refractivity contribution < 1.29 is 19.1 Å². The second kappa shape index (κ2) is 6.78. The van der Waals surface area contributed by atoms with Crippen molar-refractivity contribution in [3.05, 3.63) is 23.7 Å². The quantitative estimate of drug-likeness (QED) is 0.772. The fourth-order valence-electron chi connectivity index (χ4n) is 2.42. The van der Waals surface area contributed by atoms with Crippen molar-refractivity contribution >= 4 is 11.9 Å². The van der Waals surface area contributed by atoms with Crippen molar-refractivity contribution in [2.24, 2.45) is 11.8 Å². The molecule has 5 heteroatoms. The third-order valence-electron chi connectivity index (χ3n) is 4.14. The van der Waals surface area contributed by atoms with E-state index < -0.39 is 11.9 Å². The molecule has 1 saturated carbocycles. The van der Waals surface area contributed by atoms with Crippen LogP contribution in [0.15, 0.2) is 16.5 Å². The van der Waals surface area contributed by atoms with Crippen LogP contribution in [0, 0.1) is 11.8 Å². The molecule has 3 unspecified atom stereocenters. The maximum absolute atomic E-state index is 11.7. The fraction of sp³-hybridized carbons (Fsp3) is 0.625. The van der Waals surface area contributed by atoms with Crippen LogP contribution >= 0.6 is 0 Å². The van der Waals surface area contributed by atoms with Gasteiger partial charge >= 0.3 is 5.97 Å². The Morgan fingerprint density at radius 3 is 2.76 bits per heavy atom. The van der Waals surface area contributed by atoms with Gasteiger partial charge in [-0.1, -0.05) is 13.8 Å². The smallest absolute Gasteiger partial charge is 0.308 e. The van der Waals surface area contributed by atoms with E-state index in [1.54, 1.807) is 6.92 Å². The van der Waals surface area contributed by atoms with E-state index in [0.717, 1.165) is 11.5 Å². The molecule has 1 fully saturated rings. The molecule has 5 nitrogen and oxygen atoms in total. The summed E-state index contributed by atoms with van der Waals surface area (Å²) in [6.45, 7) is 4.19. The van der Waals surface area contributed by atoms with E-state index in [4.69, 9.17) is 9.52 Å². The first-order chi connectivity index (χ1) is 10.0. The zero-order valence-electron chi connectivity index (χ0n) is 12.6. The van der Waals surface area contributed by atoms with E-state index in [1.165, 1.54) is 6.42 Å². The zero-order valence-corrected chi connectivity index (χ0v) is 12.6. The lowest BCUT2D eigenvalue weighted by Crippen LogP contribution is -2.32. The summed E-state index contributed by atoms with van der Waals surface area (Å²) in [5, 5.41) is 11.6. The maximum Gasteiger partial charge on any atom is 0.308 e. The van der Waals surface area contributed by atoms with Crippen LogP contribution in [0.1, 0.15) is 50.5 Å². The summed E-state index contributed by atoms with van der Waals surface area (Å²) in [6, 6.07) is 3.93. The summed E-state index contributed by atoms with van der Waals surface area (Å²) >= 11 is 0. The van der Waals surface area contributed by atoms with Crippen molar-refractivity contribution in [3.8, 4) is 0 Å². The number of carboxylic acid groups (broad SMARTS) is 1. The van der Waals surface area contributed by atoms with Gasteiger partial charge in [-0.25, -0.2) is 0 Å². The first kappa shape index (κ1) is 15.6. The zero-order chi connectivity index (χ0) is 15.4. The average Bonchev–Trinajstić information content (AvgIpc) is 3.00. The molecule has 0 spiro atoms. The number of rotatable bonds is 8. The van der Waals surface area contributed by atoms with Gasteiger partial charge in [-0.3, -0.25) is 9.59 Å². The molecule has 3 atom stereocenters. The highest BCUT2D eigenvalue weighted by Crippen LogP contribution is 2.47. The second-order valence-corrected chi connectivity index (χ2v) is 5.87. The van der Waals surface area contributed by atoms with Crippen LogP contribution in [0.25, 0.3) is 0 Å². The van der Waals surface area contributed by atoms with Gasteiger partial charge < -0.3 is 14.8 Å². The molecular formula is C16H23NO4. The third-order valence-corrected chi connectivity index (χ3v) is 4.14. The molecule has 0 saturated heterocycles. The van der Waals surface area contributed by atoms with Crippen LogP contribution in [0.2, 0.25) is 0 Å². The van der Waals surface area contributed by atoms with Gasteiger partial charge in [0.2, 0.25) is 5.91 Å². The Morgan fingerprint density at radius 2 is 2.19 bits per heavy atom. The van der Waals surface area contributed by atoms with E-state index in [0.29, 0.717) is 31.1 Å². The molecule has 0 aromatic carbocycles. The number of aryl methyl sites for hydroxylation is 1. The van der Waals surface area contributed by atoms with E-state index in [9.17, 15) is 9.59 Å². The Labute approximate surface area is 124 Å². The molecule has 0 bridgehead atoms. The molecule has 1 amide bonds. The highest BCUT2D eigenvalue weighted by molar-refractivity contribution is 5.77. The number of nitrogens with one attached hydrogen (secondary N) is 1. The molecule has 0 radical (unpaired) electrons. The predicted molar refractivity (Wildman–Crippen MR) is 78.0 cm³/mol. The van der Waals surface area contributed by atoms with Gasteiger partial charge in [-0.05, 0) is 30.9 Å². The normalized spacial score (nSPS) is 21.8. The SMILES string of the molecule is CCC(CNC(=O)CCc1ccc(C2CC2C)o1)C(=O)O. The first-order valence-electron chi connectivity index (χ1n) is 7.59. The minimum Gasteiger partial charge on any atom is -0.481 e. The number of hydrogen-bond donors (Lipinski definition) is 2. The second-order valence-electron chi connectivity index (χ2n) is 5.87. The van der Waals surface area contributed by atoms with E-state index in [-0.39, 0.29) is 12.5 Å².